The summed E-state index contributed by atoms with van der Waals surface area (Å²) >= 11 is 6.00. The molecule has 7 heteroatoms. The minimum atomic E-state index is -0.641. The van der Waals surface area contributed by atoms with E-state index in [9.17, 15) is 4.79 Å². The van der Waals surface area contributed by atoms with Gasteiger partial charge in [0.05, 0.1) is 18.2 Å². The zero-order valence-corrected chi connectivity index (χ0v) is 18.3. The largest absolute Gasteiger partial charge is 0.496 e. The predicted octanol–water partition coefficient (Wildman–Crippen LogP) is 5.02. The molecule has 0 heterocycles. The molecule has 0 saturated heterocycles. The molecule has 0 saturated carbocycles. The molecule has 0 fully saturated rings. The van der Waals surface area contributed by atoms with E-state index in [4.69, 9.17) is 31.6 Å². The molecule has 31 heavy (non-hydrogen) atoms. The monoisotopic (exact) mass is 438 g/mol. The van der Waals surface area contributed by atoms with Crippen LogP contribution in [0.4, 0.5) is 0 Å². The number of hydrogen-bond donors (Lipinski definition) is 1. The van der Waals surface area contributed by atoms with E-state index in [1.54, 1.807) is 36.4 Å². The van der Waals surface area contributed by atoms with Gasteiger partial charge in [0.15, 0.2) is 5.84 Å². The van der Waals surface area contributed by atoms with E-state index in [0.717, 1.165) is 16.9 Å². The summed E-state index contributed by atoms with van der Waals surface area (Å²) < 4.78 is 11.1. The molecule has 3 aromatic carbocycles. The second-order valence-corrected chi connectivity index (χ2v) is 7.39. The van der Waals surface area contributed by atoms with Gasteiger partial charge in [-0.15, -0.1) is 0 Å². The van der Waals surface area contributed by atoms with Crippen molar-refractivity contribution in [1.82, 2.24) is 0 Å². The lowest BCUT2D eigenvalue weighted by atomic mass is 10.1. The van der Waals surface area contributed by atoms with Crippen molar-refractivity contribution in [1.29, 1.82) is 0 Å². The standard InChI is InChI=1S/C24H23ClN2O4/c1-15-7-9-21(16(2)11-15)30-14-17-5-4-6-18(12-17)24(28)31-27-23(26)20-13-19(25)8-10-22(20)29-3/h4-13H,14H2,1-3H3,(H2,26,27). The fourth-order valence-corrected chi connectivity index (χ4v) is 3.16. The third-order valence-corrected chi connectivity index (χ3v) is 4.79. The second kappa shape index (κ2) is 10.00. The highest BCUT2D eigenvalue weighted by Gasteiger charge is 2.12. The minimum absolute atomic E-state index is 0.0259. The Bertz CT molecular complexity index is 1130. The summed E-state index contributed by atoms with van der Waals surface area (Å²) in [6.07, 6.45) is 0. The molecule has 0 atom stereocenters. The summed E-state index contributed by atoms with van der Waals surface area (Å²) in [6.45, 7) is 4.34. The van der Waals surface area contributed by atoms with Gasteiger partial charge in [-0.2, -0.15) is 0 Å². The Hall–Kier alpha value is -3.51. The van der Waals surface area contributed by atoms with Gasteiger partial charge in [-0.25, -0.2) is 4.79 Å². The van der Waals surface area contributed by atoms with Gasteiger partial charge in [0.2, 0.25) is 0 Å². The Morgan fingerprint density at radius 3 is 2.55 bits per heavy atom. The van der Waals surface area contributed by atoms with E-state index in [1.807, 2.05) is 32.0 Å². The van der Waals surface area contributed by atoms with Crippen LogP contribution in [-0.4, -0.2) is 18.9 Å². The van der Waals surface area contributed by atoms with Crippen LogP contribution in [0, 0.1) is 13.8 Å². The number of ether oxygens (including phenoxy) is 2. The molecule has 0 amide bonds. The highest BCUT2D eigenvalue weighted by Crippen LogP contribution is 2.23. The minimum Gasteiger partial charge on any atom is -0.496 e. The number of halogens is 1. The SMILES string of the molecule is COc1ccc(Cl)cc1/C(N)=N/OC(=O)c1cccc(COc2ccc(C)cc2C)c1. The molecule has 0 aliphatic heterocycles. The van der Waals surface area contributed by atoms with Crippen molar-refractivity contribution >= 4 is 23.4 Å². The van der Waals surface area contributed by atoms with Gasteiger partial charge in [-0.05, 0) is 61.4 Å². The Kier molecular flexibility index (Phi) is 7.15. The van der Waals surface area contributed by atoms with E-state index < -0.39 is 5.97 Å². The lowest BCUT2D eigenvalue weighted by molar-refractivity contribution is 0.0515. The molecule has 3 aromatic rings. The van der Waals surface area contributed by atoms with Crippen molar-refractivity contribution < 1.29 is 19.1 Å². The van der Waals surface area contributed by atoms with Gasteiger partial charge >= 0.3 is 5.97 Å². The van der Waals surface area contributed by atoms with Crippen molar-refractivity contribution in [3.63, 3.8) is 0 Å². The summed E-state index contributed by atoms with van der Waals surface area (Å²) in [7, 11) is 1.50. The van der Waals surface area contributed by atoms with Crippen molar-refractivity contribution in [3.05, 3.63) is 93.5 Å². The number of carbonyl (C=O) groups is 1. The molecule has 0 unspecified atom stereocenters. The molecule has 0 aliphatic rings. The fourth-order valence-electron chi connectivity index (χ4n) is 2.98. The number of nitrogens with two attached hydrogens (primary N) is 1. The zero-order valence-electron chi connectivity index (χ0n) is 17.5. The number of oxime groups is 1. The first-order chi connectivity index (χ1) is 14.9. The van der Waals surface area contributed by atoms with Gasteiger partial charge in [0, 0.05) is 5.02 Å². The first-order valence-corrected chi connectivity index (χ1v) is 9.93. The third-order valence-electron chi connectivity index (χ3n) is 4.55. The van der Waals surface area contributed by atoms with Crippen LogP contribution in [0.2, 0.25) is 5.02 Å². The number of methoxy groups -OCH3 is 1. The molecule has 0 aromatic heterocycles. The molecule has 0 aliphatic carbocycles. The number of hydrogen-bond acceptors (Lipinski definition) is 5. The van der Waals surface area contributed by atoms with Gasteiger partial charge in [-0.3, -0.25) is 0 Å². The van der Waals surface area contributed by atoms with Crippen LogP contribution in [0.3, 0.4) is 0 Å². The van der Waals surface area contributed by atoms with E-state index in [-0.39, 0.29) is 5.84 Å². The summed E-state index contributed by atoms with van der Waals surface area (Å²) in [5, 5.41) is 4.19. The smallest absolute Gasteiger partial charge is 0.365 e. The number of benzene rings is 3. The van der Waals surface area contributed by atoms with Crippen LogP contribution in [0.5, 0.6) is 11.5 Å². The fraction of sp³-hybridized carbons (Fsp3) is 0.167. The normalized spacial score (nSPS) is 11.2. The molecule has 0 bridgehead atoms. The molecule has 0 spiro atoms. The number of carbonyl (C=O) groups excluding carboxylic acids is 1. The van der Waals surface area contributed by atoms with Crippen molar-refractivity contribution in [3.8, 4) is 11.5 Å². The maximum atomic E-state index is 12.4. The van der Waals surface area contributed by atoms with Crippen LogP contribution < -0.4 is 15.2 Å². The summed E-state index contributed by atoms with van der Waals surface area (Å²) in [5.41, 5.74) is 9.75. The average molecular weight is 439 g/mol. The lowest BCUT2D eigenvalue weighted by Gasteiger charge is -2.10. The van der Waals surface area contributed by atoms with Gasteiger partial charge in [0.1, 0.15) is 18.1 Å². The first kappa shape index (κ1) is 22.2. The third kappa shape index (κ3) is 5.77. The molecule has 3 rings (SSSR count). The van der Waals surface area contributed by atoms with E-state index >= 15 is 0 Å². The second-order valence-electron chi connectivity index (χ2n) is 6.96. The number of nitrogens with zero attached hydrogens (tertiary/aromatic N) is 1. The average Bonchev–Trinajstić information content (AvgIpc) is 2.76. The molecular formula is C24H23ClN2O4. The Morgan fingerprint density at radius 2 is 1.81 bits per heavy atom. The van der Waals surface area contributed by atoms with Crippen LogP contribution >= 0.6 is 11.6 Å². The highest BCUT2D eigenvalue weighted by molar-refractivity contribution is 6.31. The summed E-state index contributed by atoms with van der Waals surface area (Å²) in [6, 6.07) is 17.8. The Morgan fingerprint density at radius 1 is 1.03 bits per heavy atom. The maximum absolute atomic E-state index is 12.4. The highest BCUT2D eigenvalue weighted by atomic mass is 35.5. The van der Waals surface area contributed by atoms with Gasteiger partial charge < -0.3 is 20.0 Å². The van der Waals surface area contributed by atoms with Gasteiger partial charge in [0.25, 0.3) is 0 Å². The molecule has 2 N–H and O–H groups in total. The molecular weight excluding hydrogens is 416 g/mol. The van der Waals surface area contributed by atoms with Gasteiger partial charge in [-0.1, -0.05) is 46.6 Å². The van der Waals surface area contributed by atoms with E-state index in [0.29, 0.717) is 28.5 Å². The quantitative estimate of drug-likeness (QED) is 0.242. The van der Waals surface area contributed by atoms with Crippen LogP contribution in [0.15, 0.2) is 65.8 Å². The van der Waals surface area contributed by atoms with E-state index in [1.165, 1.54) is 12.7 Å². The van der Waals surface area contributed by atoms with Crippen LogP contribution in [-0.2, 0) is 11.4 Å². The summed E-state index contributed by atoms with van der Waals surface area (Å²) in [4.78, 5) is 17.5. The van der Waals surface area contributed by atoms with E-state index in [2.05, 4.69) is 11.2 Å². The number of rotatable bonds is 7. The maximum Gasteiger partial charge on any atom is 0.365 e. The zero-order chi connectivity index (χ0) is 22.4. The molecule has 0 radical (unpaired) electrons. The van der Waals surface area contributed by atoms with Crippen molar-refractivity contribution in [2.45, 2.75) is 20.5 Å². The predicted molar refractivity (Wildman–Crippen MR) is 121 cm³/mol. The number of amidine groups is 1. The summed E-state index contributed by atoms with van der Waals surface area (Å²) in [5.74, 6) is 0.595. The Labute approximate surface area is 186 Å². The Balaban J connectivity index is 1.68. The van der Waals surface area contributed by atoms with Crippen molar-refractivity contribution in [2.24, 2.45) is 10.9 Å². The first-order valence-electron chi connectivity index (χ1n) is 9.55. The topological polar surface area (TPSA) is 83.1 Å². The van der Waals surface area contributed by atoms with Crippen LogP contribution in [0.1, 0.15) is 32.6 Å². The van der Waals surface area contributed by atoms with Crippen molar-refractivity contribution in [2.75, 3.05) is 7.11 Å². The molecule has 6 nitrogen and oxygen atoms in total. The number of aryl methyl sites for hydroxylation is 2. The van der Waals surface area contributed by atoms with Crippen LogP contribution in [0.25, 0.3) is 0 Å². The molecule has 160 valence electrons. The lowest BCUT2D eigenvalue weighted by Crippen LogP contribution is -2.16.